The molecule has 0 unspecified atom stereocenters. The Labute approximate surface area is 197 Å². The van der Waals surface area contributed by atoms with Crippen LogP contribution in [0.4, 0.5) is 0 Å². The summed E-state index contributed by atoms with van der Waals surface area (Å²) in [7, 11) is 0. The minimum atomic E-state index is 1.07. The van der Waals surface area contributed by atoms with Gasteiger partial charge in [-0.3, -0.25) is 0 Å². The first-order chi connectivity index (χ1) is 16.4. The van der Waals surface area contributed by atoms with E-state index in [4.69, 9.17) is 0 Å². The molecular weight excluding hydrogens is 416 g/mol. The van der Waals surface area contributed by atoms with Crippen molar-refractivity contribution in [2.75, 3.05) is 0 Å². The first-order valence-electron chi connectivity index (χ1n) is 11.6. The number of rotatable bonds is 2. The topological polar surface area (TPSA) is 0 Å². The zero-order valence-electron chi connectivity index (χ0n) is 18.2. The highest BCUT2D eigenvalue weighted by Gasteiger charge is 2.23. The Morgan fingerprint density at radius 1 is 0.576 bits per heavy atom. The molecule has 0 radical (unpaired) electrons. The fraction of sp³-hybridized carbons (Fsp3) is 0.0625. The molecule has 156 valence electrons. The molecule has 0 nitrogen and oxygen atoms in total. The van der Waals surface area contributed by atoms with Gasteiger partial charge in [0.05, 0.1) is 0 Å². The van der Waals surface area contributed by atoms with Gasteiger partial charge in [0.15, 0.2) is 0 Å². The molecule has 0 bridgehead atoms. The van der Waals surface area contributed by atoms with Crippen LogP contribution in [-0.4, -0.2) is 0 Å². The molecule has 0 atom stereocenters. The lowest BCUT2D eigenvalue weighted by Gasteiger charge is -2.24. The van der Waals surface area contributed by atoms with Crippen molar-refractivity contribution >= 4 is 48.4 Å². The van der Waals surface area contributed by atoms with Crippen LogP contribution in [0.2, 0.25) is 0 Å². The molecule has 0 aliphatic heterocycles. The summed E-state index contributed by atoms with van der Waals surface area (Å²) in [5.41, 5.74) is 8.31. The summed E-state index contributed by atoms with van der Waals surface area (Å²) in [6.45, 7) is 0. The lowest BCUT2D eigenvalue weighted by molar-refractivity contribution is 0.992. The zero-order valence-corrected chi connectivity index (χ0v) is 19.0. The van der Waals surface area contributed by atoms with E-state index in [1.807, 2.05) is 11.3 Å². The summed E-state index contributed by atoms with van der Waals surface area (Å²) in [5.74, 6) is 0. The van der Waals surface area contributed by atoms with Crippen LogP contribution in [-0.2, 0) is 6.42 Å². The molecule has 1 aromatic heterocycles. The van der Waals surface area contributed by atoms with E-state index in [2.05, 4.69) is 109 Å². The van der Waals surface area contributed by atoms with Crippen LogP contribution in [0.1, 0.15) is 17.5 Å². The van der Waals surface area contributed by atoms with Crippen LogP contribution >= 0.6 is 11.3 Å². The lowest BCUT2D eigenvalue weighted by atomic mass is 9.79. The monoisotopic (exact) mass is 438 g/mol. The van der Waals surface area contributed by atoms with Crippen molar-refractivity contribution in [3.63, 3.8) is 0 Å². The van der Waals surface area contributed by atoms with Crippen molar-refractivity contribution in [1.29, 1.82) is 0 Å². The van der Waals surface area contributed by atoms with Crippen molar-refractivity contribution in [3.05, 3.63) is 114 Å². The molecule has 33 heavy (non-hydrogen) atoms. The van der Waals surface area contributed by atoms with Crippen LogP contribution in [0, 0.1) is 0 Å². The third kappa shape index (κ3) is 2.83. The second-order valence-corrected chi connectivity index (χ2v) is 9.86. The number of benzene rings is 5. The first kappa shape index (κ1) is 18.8. The summed E-state index contributed by atoms with van der Waals surface area (Å²) < 4.78 is 2.73. The zero-order chi connectivity index (χ0) is 21.8. The number of thiophene rings is 1. The Kier molecular flexibility index (Phi) is 4.25. The van der Waals surface area contributed by atoms with E-state index in [9.17, 15) is 0 Å². The third-order valence-electron chi connectivity index (χ3n) is 6.94. The molecule has 0 saturated carbocycles. The lowest BCUT2D eigenvalue weighted by Crippen LogP contribution is -2.02. The maximum absolute atomic E-state index is 2.36. The van der Waals surface area contributed by atoms with Crippen LogP contribution < -0.4 is 0 Å². The van der Waals surface area contributed by atoms with Gasteiger partial charge in [0.25, 0.3) is 0 Å². The largest absolute Gasteiger partial charge is 0.135 e. The molecule has 1 aliphatic carbocycles. The van der Waals surface area contributed by atoms with E-state index in [1.165, 1.54) is 64.3 Å². The Morgan fingerprint density at radius 2 is 1.27 bits per heavy atom. The molecule has 0 N–H and O–H groups in total. The first-order valence-corrected chi connectivity index (χ1v) is 12.4. The molecule has 5 aromatic carbocycles. The minimum Gasteiger partial charge on any atom is -0.135 e. The summed E-state index contributed by atoms with van der Waals surface area (Å²) in [6.07, 6.45) is 6.87. The second kappa shape index (κ2) is 7.43. The number of allylic oxidation sites excluding steroid dienone is 1. The summed E-state index contributed by atoms with van der Waals surface area (Å²) in [6, 6.07) is 35.6. The average Bonchev–Trinajstić information content (AvgIpc) is 3.27. The predicted molar refractivity (Wildman–Crippen MR) is 145 cm³/mol. The third-order valence-corrected chi connectivity index (χ3v) is 8.08. The molecule has 1 heterocycles. The molecule has 1 aliphatic rings. The summed E-state index contributed by atoms with van der Waals surface area (Å²) >= 11 is 1.90. The van der Waals surface area contributed by atoms with Crippen LogP contribution in [0.15, 0.2) is 103 Å². The smallest absolute Gasteiger partial charge is 0.0361 e. The predicted octanol–water partition coefficient (Wildman–Crippen LogP) is 9.50. The molecule has 7 rings (SSSR count). The molecular formula is C32H22S. The highest BCUT2D eigenvalue weighted by molar-refractivity contribution is 7.25. The number of fused-ring (bicyclic) bond motifs is 5. The van der Waals surface area contributed by atoms with Gasteiger partial charge in [0.1, 0.15) is 0 Å². The standard InChI is InChI=1S/C32H22S/c1-2-11-21(12-3-1)30-22-13-4-6-15-24(22)31(25-16-7-5-14-23(25)30)27-18-10-20-29-32(27)26-17-8-9-19-28(26)33-29/h1-6,8-15,17-20H,7,16H2. The molecule has 1 heteroatoms. The fourth-order valence-electron chi connectivity index (χ4n) is 5.59. The van der Waals surface area contributed by atoms with Gasteiger partial charge in [-0.15, -0.1) is 11.3 Å². The second-order valence-electron chi connectivity index (χ2n) is 8.77. The highest BCUT2D eigenvalue weighted by atomic mass is 32.1. The van der Waals surface area contributed by atoms with Gasteiger partial charge >= 0.3 is 0 Å². The minimum absolute atomic E-state index is 1.07. The molecule has 0 saturated heterocycles. The number of hydrogen-bond donors (Lipinski definition) is 0. The Hall–Kier alpha value is -3.68. The quantitative estimate of drug-likeness (QED) is 0.252. The van der Waals surface area contributed by atoms with Crippen molar-refractivity contribution < 1.29 is 0 Å². The molecule has 0 fully saturated rings. The maximum atomic E-state index is 2.36. The highest BCUT2D eigenvalue weighted by Crippen LogP contribution is 2.48. The fourth-order valence-corrected chi connectivity index (χ4v) is 6.72. The van der Waals surface area contributed by atoms with Crippen LogP contribution in [0.3, 0.4) is 0 Å². The molecule has 0 amide bonds. The van der Waals surface area contributed by atoms with E-state index >= 15 is 0 Å². The van der Waals surface area contributed by atoms with Crippen molar-refractivity contribution in [1.82, 2.24) is 0 Å². The van der Waals surface area contributed by atoms with E-state index in [-0.39, 0.29) is 0 Å². The molecule has 6 aromatic rings. The van der Waals surface area contributed by atoms with Crippen molar-refractivity contribution in [3.8, 4) is 22.3 Å². The van der Waals surface area contributed by atoms with Gasteiger partial charge < -0.3 is 0 Å². The Bertz CT molecular complexity index is 1700. The average molecular weight is 439 g/mol. The Morgan fingerprint density at radius 3 is 2.12 bits per heavy atom. The van der Waals surface area contributed by atoms with Crippen LogP contribution in [0.25, 0.3) is 59.3 Å². The normalized spacial score (nSPS) is 13.1. The van der Waals surface area contributed by atoms with Crippen molar-refractivity contribution in [2.24, 2.45) is 0 Å². The van der Waals surface area contributed by atoms with Gasteiger partial charge in [0.2, 0.25) is 0 Å². The summed E-state index contributed by atoms with van der Waals surface area (Å²) in [5, 5.41) is 5.45. The van der Waals surface area contributed by atoms with Crippen molar-refractivity contribution in [2.45, 2.75) is 12.8 Å². The van der Waals surface area contributed by atoms with Gasteiger partial charge in [-0.05, 0) is 69.1 Å². The summed E-state index contributed by atoms with van der Waals surface area (Å²) in [4.78, 5) is 0. The Balaban J connectivity index is 1.68. The van der Waals surface area contributed by atoms with Gasteiger partial charge in [-0.1, -0.05) is 97.1 Å². The SMILES string of the molecule is C1=Cc2c(c(-c3cccc4sc5ccccc5c34)c3ccccc3c2-c2ccccc2)CC1. The van der Waals surface area contributed by atoms with E-state index in [0.29, 0.717) is 0 Å². The van der Waals surface area contributed by atoms with E-state index in [1.54, 1.807) is 0 Å². The van der Waals surface area contributed by atoms with Crippen LogP contribution in [0.5, 0.6) is 0 Å². The van der Waals surface area contributed by atoms with Gasteiger partial charge in [0, 0.05) is 20.2 Å². The van der Waals surface area contributed by atoms with Gasteiger partial charge in [-0.25, -0.2) is 0 Å². The van der Waals surface area contributed by atoms with Gasteiger partial charge in [-0.2, -0.15) is 0 Å². The maximum Gasteiger partial charge on any atom is 0.0361 e. The number of hydrogen-bond acceptors (Lipinski definition) is 1. The van der Waals surface area contributed by atoms with E-state index < -0.39 is 0 Å². The van der Waals surface area contributed by atoms with E-state index in [0.717, 1.165) is 12.8 Å². The molecule has 0 spiro atoms.